The van der Waals surface area contributed by atoms with Crippen LogP contribution in [-0.4, -0.2) is 42.9 Å². The number of sulfone groups is 1. The Balaban J connectivity index is 1.77. The van der Waals surface area contributed by atoms with Crippen molar-refractivity contribution in [1.29, 1.82) is 0 Å². The second-order valence-corrected chi connectivity index (χ2v) is 10.4. The first-order valence-corrected chi connectivity index (χ1v) is 11.8. The third-order valence-electron chi connectivity index (χ3n) is 4.63. The highest BCUT2D eigenvalue weighted by Gasteiger charge is 2.36. The molecule has 0 spiro atoms. The molecule has 2 aromatic rings. The Kier molecular flexibility index (Phi) is 6.13. The summed E-state index contributed by atoms with van der Waals surface area (Å²) < 4.78 is 29.7. The van der Waals surface area contributed by atoms with Gasteiger partial charge in [0.05, 0.1) is 18.1 Å². The van der Waals surface area contributed by atoms with Gasteiger partial charge in [-0.05, 0) is 55.5 Å². The van der Waals surface area contributed by atoms with Gasteiger partial charge in [-0.3, -0.25) is 4.79 Å². The predicted octanol–water partition coefficient (Wildman–Crippen LogP) is 3.69. The fourth-order valence-corrected chi connectivity index (χ4v) is 5.71. The summed E-state index contributed by atoms with van der Waals surface area (Å²) >= 11 is 7.58. The summed E-state index contributed by atoms with van der Waals surface area (Å²) in [6.45, 7) is 3.95. The summed E-state index contributed by atoms with van der Waals surface area (Å²) in [6.07, 6.45) is -0.263. The number of amides is 1. The van der Waals surface area contributed by atoms with Crippen LogP contribution in [0.5, 0.6) is 5.75 Å². The van der Waals surface area contributed by atoms with Gasteiger partial charge in [-0.15, -0.1) is 11.3 Å². The number of rotatable bonds is 6. The number of nitrogens with zero attached hydrogens (tertiary/aromatic N) is 1. The molecule has 3 rings (SSSR count). The largest absolute Gasteiger partial charge is 0.481 e. The van der Waals surface area contributed by atoms with Gasteiger partial charge in [-0.2, -0.15) is 0 Å². The Morgan fingerprint density at radius 1 is 1.41 bits per heavy atom. The molecule has 1 amide bonds. The van der Waals surface area contributed by atoms with Gasteiger partial charge in [0.1, 0.15) is 5.75 Å². The Hall–Kier alpha value is -1.57. The highest BCUT2D eigenvalue weighted by molar-refractivity contribution is 7.91. The number of benzene rings is 1. The molecular weight excluding hydrogens is 406 g/mol. The lowest BCUT2D eigenvalue weighted by atomic mass is 10.2. The fourth-order valence-electron chi connectivity index (χ4n) is 3.16. The molecule has 1 aliphatic rings. The Bertz CT molecular complexity index is 912. The molecule has 1 fully saturated rings. The first-order chi connectivity index (χ1) is 12.7. The Morgan fingerprint density at radius 2 is 2.19 bits per heavy atom. The van der Waals surface area contributed by atoms with Crippen LogP contribution in [0.25, 0.3) is 0 Å². The minimum absolute atomic E-state index is 0.0108. The van der Waals surface area contributed by atoms with Gasteiger partial charge in [-0.1, -0.05) is 17.7 Å². The average Bonchev–Trinajstić information content (AvgIpc) is 3.24. The zero-order valence-electron chi connectivity index (χ0n) is 15.2. The van der Waals surface area contributed by atoms with E-state index in [1.807, 2.05) is 24.4 Å². The number of carbonyl (C=O) groups excluding carboxylic acids is 1. The molecule has 27 heavy (non-hydrogen) atoms. The first kappa shape index (κ1) is 20.2. The van der Waals surface area contributed by atoms with Crippen LogP contribution in [0, 0.1) is 6.92 Å². The van der Waals surface area contributed by atoms with Crippen molar-refractivity contribution in [1.82, 2.24) is 4.90 Å². The van der Waals surface area contributed by atoms with Crippen LogP contribution in [0.1, 0.15) is 23.8 Å². The van der Waals surface area contributed by atoms with Crippen molar-refractivity contribution in [2.75, 3.05) is 11.5 Å². The molecule has 1 aliphatic heterocycles. The second kappa shape index (κ2) is 8.20. The molecule has 5 nitrogen and oxygen atoms in total. The molecule has 1 saturated heterocycles. The van der Waals surface area contributed by atoms with Crippen LogP contribution in [-0.2, 0) is 21.2 Å². The summed E-state index contributed by atoms with van der Waals surface area (Å²) in [7, 11) is -3.09. The molecule has 1 aromatic heterocycles. The van der Waals surface area contributed by atoms with E-state index >= 15 is 0 Å². The van der Waals surface area contributed by atoms with Crippen LogP contribution in [0.4, 0.5) is 0 Å². The lowest BCUT2D eigenvalue weighted by molar-refractivity contribution is -0.140. The molecule has 0 saturated carbocycles. The maximum Gasteiger partial charge on any atom is 0.263 e. The Morgan fingerprint density at radius 3 is 2.78 bits per heavy atom. The summed E-state index contributed by atoms with van der Waals surface area (Å²) in [4.78, 5) is 15.8. The highest BCUT2D eigenvalue weighted by Crippen LogP contribution is 2.25. The number of ether oxygens (including phenoxy) is 1. The number of hydrogen-bond acceptors (Lipinski definition) is 5. The number of thiophene rings is 1. The number of carbonyl (C=O) groups is 1. The lowest BCUT2D eigenvalue weighted by Crippen LogP contribution is -2.46. The SMILES string of the molecule is Cc1cc(O[C@@H](C)C(=O)N(Cc2cccs2)[C@@H]2CCS(=O)(=O)C2)ccc1Cl. The van der Waals surface area contributed by atoms with Crippen LogP contribution in [0.3, 0.4) is 0 Å². The number of halogens is 1. The smallest absolute Gasteiger partial charge is 0.263 e. The van der Waals surface area contributed by atoms with Gasteiger partial charge in [0, 0.05) is 15.9 Å². The van der Waals surface area contributed by atoms with Crippen LogP contribution in [0.2, 0.25) is 5.02 Å². The number of hydrogen-bond donors (Lipinski definition) is 0. The van der Waals surface area contributed by atoms with E-state index in [2.05, 4.69) is 0 Å². The van der Waals surface area contributed by atoms with Gasteiger partial charge >= 0.3 is 0 Å². The summed E-state index contributed by atoms with van der Waals surface area (Å²) in [5, 5.41) is 2.58. The maximum absolute atomic E-state index is 13.1. The van der Waals surface area contributed by atoms with Gasteiger partial charge in [0.15, 0.2) is 15.9 Å². The van der Waals surface area contributed by atoms with E-state index in [0.29, 0.717) is 23.7 Å². The molecule has 1 aromatic carbocycles. The van der Waals surface area contributed by atoms with Gasteiger partial charge in [0.25, 0.3) is 5.91 Å². The van der Waals surface area contributed by atoms with E-state index in [9.17, 15) is 13.2 Å². The van der Waals surface area contributed by atoms with Crippen molar-refractivity contribution >= 4 is 38.7 Å². The molecule has 0 bridgehead atoms. The minimum atomic E-state index is -3.09. The monoisotopic (exact) mass is 427 g/mol. The predicted molar refractivity (Wildman–Crippen MR) is 108 cm³/mol. The lowest BCUT2D eigenvalue weighted by Gasteiger charge is -2.30. The fraction of sp³-hybridized carbons (Fsp3) is 0.421. The maximum atomic E-state index is 13.1. The molecule has 8 heteroatoms. The topological polar surface area (TPSA) is 63.7 Å². The van der Waals surface area contributed by atoms with E-state index in [0.717, 1.165) is 10.4 Å². The van der Waals surface area contributed by atoms with E-state index in [1.54, 1.807) is 41.4 Å². The molecular formula is C19H22ClNO4S2. The third kappa shape index (κ3) is 5.03. The van der Waals surface area contributed by atoms with Crippen molar-refractivity contribution in [3.63, 3.8) is 0 Å². The third-order valence-corrected chi connectivity index (χ3v) is 7.66. The first-order valence-electron chi connectivity index (χ1n) is 8.71. The molecule has 0 N–H and O–H groups in total. The van der Waals surface area contributed by atoms with E-state index in [-0.39, 0.29) is 23.5 Å². The molecule has 2 atom stereocenters. The van der Waals surface area contributed by atoms with Crippen molar-refractivity contribution < 1.29 is 17.9 Å². The van der Waals surface area contributed by atoms with Crippen LogP contribution < -0.4 is 4.74 Å². The van der Waals surface area contributed by atoms with Crippen molar-refractivity contribution in [3.05, 3.63) is 51.2 Å². The standard InChI is InChI=1S/C19H22ClNO4S2/c1-13-10-16(5-6-18(13)20)25-14(2)19(22)21(11-17-4-3-8-26-17)15-7-9-27(23,24)12-15/h3-6,8,10,14-15H,7,9,11-12H2,1-2H3/t14-,15+/m0/s1. The van der Waals surface area contributed by atoms with Crippen molar-refractivity contribution in [2.24, 2.45) is 0 Å². The summed E-state index contributed by atoms with van der Waals surface area (Å²) in [5.74, 6) is 0.486. The van der Waals surface area contributed by atoms with Gasteiger partial charge in [0.2, 0.25) is 0 Å². The molecule has 0 aliphatic carbocycles. The van der Waals surface area contributed by atoms with Crippen molar-refractivity contribution in [3.8, 4) is 5.75 Å². The normalized spacial score (nSPS) is 19.6. The summed E-state index contributed by atoms with van der Waals surface area (Å²) in [6, 6.07) is 8.80. The van der Waals surface area contributed by atoms with E-state index < -0.39 is 15.9 Å². The zero-order valence-corrected chi connectivity index (χ0v) is 17.6. The quantitative estimate of drug-likeness (QED) is 0.705. The summed E-state index contributed by atoms with van der Waals surface area (Å²) in [5.41, 5.74) is 0.867. The zero-order chi connectivity index (χ0) is 19.6. The van der Waals surface area contributed by atoms with E-state index in [1.165, 1.54) is 0 Å². The molecule has 146 valence electrons. The highest BCUT2D eigenvalue weighted by atomic mass is 35.5. The second-order valence-electron chi connectivity index (χ2n) is 6.77. The molecule has 0 unspecified atom stereocenters. The Labute approximate surface area is 168 Å². The van der Waals surface area contributed by atoms with Crippen LogP contribution >= 0.6 is 22.9 Å². The minimum Gasteiger partial charge on any atom is -0.481 e. The van der Waals surface area contributed by atoms with Gasteiger partial charge < -0.3 is 9.64 Å². The van der Waals surface area contributed by atoms with Crippen LogP contribution in [0.15, 0.2) is 35.7 Å². The average molecular weight is 428 g/mol. The van der Waals surface area contributed by atoms with E-state index in [4.69, 9.17) is 16.3 Å². The van der Waals surface area contributed by atoms with Gasteiger partial charge in [-0.25, -0.2) is 8.42 Å². The number of aryl methyl sites for hydroxylation is 1. The molecule has 0 radical (unpaired) electrons. The molecule has 2 heterocycles. The van der Waals surface area contributed by atoms with Crippen molar-refractivity contribution in [2.45, 2.75) is 39.0 Å².